The summed E-state index contributed by atoms with van der Waals surface area (Å²) in [6.45, 7) is 0.401. The van der Waals surface area contributed by atoms with Gasteiger partial charge in [0.2, 0.25) is 0 Å². The van der Waals surface area contributed by atoms with E-state index >= 15 is 0 Å². The monoisotopic (exact) mass is 279 g/mol. The summed E-state index contributed by atoms with van der Waals surface area (Å²) in [5, 5.41) is 9.99. The summed E-state index contributed by atoms with van der Waals surface area (Å²) in [6, 6.07) is 12.0. The third kappa shape index (κ3) is 3.25. The summed E-state index contributed by atoms with van der Waals surface area (Å²) in [6.07, 6.45) is 0. The van der Waals surface area contributed by atoms with E-state index < -0.39 is 0 Å². The molecule has 0 unspecified atom stereocenters. The van der Waals surface area contributed by atoms with Crippen molar-refractivity contribution in [2.45, 2.75) is 13.2 Å². The van der Waals surface area contributed by atoms with Gasteiger partial charge in [-0.1, -0.05) is 29.8 Å². The van der Waals surface area contributed by atoms with Crippen molar-refractivity contribution in [3.63, 3.8) is 0 Å². The first-order chi connectivity index (χ1) is 9.11. The molecule has 0 bridgehead atoms. The second-order valence-corrected chi connectivity index (χ2v) is 4.79. The maximum absolute atomic E-state index is 13.1. The normalized spacial score (nSPS) is 10.5. The van der Waals surface area contributed by atoms with Gasteiger partial charge >= 0.3 is 0 Å². The average molecular weight is 280 g/mol. The van der Waals surface area contributed by atoms with Crippen LogP contribution in [0.2, 0.25) is 5.02 Å². The van der Waals surface area contributed by atoms with E-state index in [9.17, 15) is 9.50 Å². The second kappa shape index (κ2) is 6.04. The number of benzene rings is 2. The quantitative estimate of drug-likeness (QED) is 0.924. The van der Waals surface area contributed by atoms with Crippen LogP contribution in [0.1, 0.15) is 11.1 Å². The van der Waals surface area contributed by atoms with Crippen LogP contribution in [0, 0.1) is 5.82 Å². The van der Waals surface area contributed by atoms with Crippen molar-refractivity contribution in [2.24, 2.45) is 0 Å². The first-order valence-corrected chi connectivity index (χ1v) is 6.33. The summed E-state index contributed by atoms with van der Waals surface area (Å²) in [4.78, 5) is 1.94. The zero-order valence-corrected chi connectivity index (χ0v) is 11.4. The van der Waals surface area contributed by atoms with E-state index in [1.807, 2.05) is 36.2 Å². The molecule has 0 fully saturated rings. The Bertz CT molecular complexity index is 574. The van der Waals surface area contributed by atoms with Crippen molar-refractivity contribution >= 4 is 17.3 Å². The molecule has 0 aliphatic carbocycles. The molecular weight excluding hydrogens is 265 g/mol. The van der Waals surface area contributed by atoms with Crippen molar-refractivity contribution in [3.05, 3.63) is 64.4 Å². The molecule has 2 rings (SSSR count). The number of aliphatic hydroxyl groups excluding tert-OH is 1. The first-order valence-electron chi connectivity index (χ1n) is 5.95. The zero-order valence-electron chi connectivity index (χ0n) is 10.6. The molecule has 0 saturated carbocycles. The number of aliphatic hydroxyl groups is 1. The molecule has 0 aromatic heterocycles. The molecule has 19 heavy (non-hydrogen) atoms. The number of rotatable bonds is 4. The molecule has 2 aromatic carbocycles. The van der Waals surface area contributed by atoms with Crippen LogP contribution in [-0.4, -0.2) is 12.2 Å². The molecule has 0 radical (unpaired) electrons. The van der Waals surface area contributed by atoms with Crippen molar-refractivity contribution in [1.82, 2.24) is 0 Å². The summed E-state index contributed by atoms with van der Waals surface area (Å²) in [7, 11) is 1.88. The molecule has 0 amide bonds. The van der Waals surface area contributed by atoms with E-state index in [2.05, 4.69) is 0 Å². The number of nitrogens with zero attached hydrogens (tertiary/aromatic N) is 1. The molecule has 0 aliphatic rings. The van der Waals surface area contributed by atoms with Crippen molar-refractivity contribution in [1.29, 1.82) is 0 Å². The number of anilines is 1. The maximum atomic E-state index is 13.1. The van der Waals surface area contributed by atoms with Gasteiger partial charge in [0.25, 0.3) is 0 Å². The van der Waals surface area contributed by atoms with Crippen LogP contribution in [0.15, 0.2) is 42.5 Å². The Morgan fingerprint density at radius 3 is 2.58 bits per heavy atom. The largest absolute Gasteiger partial charge is 0.392 e. The number of halogens is 2. The predicted octanol–water partition coefficient (Wildman–Crippen LogP) is 3.61. The van der Waals surface area contributed by atoms with E-state index in [1.165, 1.54) is 12.1 Å². The molecule has 0 saturated heterocycles. The van der Waals surface area contributed by atoms with Gasteiger partial charge in [-0.05, 0) is 29.8 Å². The second-order valence-electron chi connectivity index (χ2n) is 4.38. The summed E-state index contributed by atoms with van der Waals surface area (Å²) in [5.74, 6) is -0.348. The lowest BCUT2D eigenvalue weighted by Gasteiger charge is -2.22. The van der Waals surface area contributed by atoms with Gasteiger partial charge in [0, 0.05) is 29.9 Å². The lowest BCUT2D eigenvalue weighted by molar-refractivity contribution is 0.281. The highest BCUT2D eigenvalue weighted by atomic mass is 35.5. The Balaban J connectivity index is 2.25. The molecule has 2 aromatic rings. The molecule has 2 nitrogen and oxygen atoms in total. The maximum Gasteiger partial charge on any atom is 0.123 e. The van der Waals surface area contributed by atoms with E-state index in [-0.39, 0.29) is 12.4 Å². The molecule has 0 aliphatic heterocycles. The molecule has 0 atom stereocenters. The molecule has 1 N–H and O–H groups in total. The van der Waals surface area contributed by atoms with Crippen molar-refractivity contribution < 1.29 is 9.50 Å². The fourth-order valence-electron chi connectivity index (χ4n) is 2.02. The number of hydrogen-bond acceptors (Lipinski definition) is 2. The van der Waals surface area contributed by atoms with Crippen LogP contribution in [0.4, 0.5) is 10.1 Å². The predicted molar refractivity (Wildman–Crippen MR) is 75.9 cm³/mol. The van der Waals surface area contributed by atoms with E-state index in [1.54, 1.807) is 6.07 Å². The minimum absolute atomic E-state index is 0.194. The Morgan fingerprint density at radius 1 is 1.16 bits per heavy atom. The first kappa shape index (κ1) is 13.8. The topological polar surface area (TPSA) is 23.5 Å². The lowest BCUT2D eigenvalue weighted by atomic mass is 10.1. The van der Waals surface area contributed by atoms with Crippen LogP contribution < -0.4 is 4.90 Å². The molecule has 100 valence electrons. The third-order valence-corrected chi connectivity index (χ3v) is 3.36. The molecule has 0 spiro atoms. The average Bonchev–Trinajstić information content (AvgIpc) is 2.41. The van der Waals surface area contributed by atoms with Gasteiger partial charge in [0.1, 0.15) is 5.82 Å². The molecular formula is C15H15ClFNO. The summed E-state index contributed by atoms with van der Waals surface area (Å²) >= 11 is 6.12. The standard InChI is InChI=1S/C15H15ClFNO/c1-18(9-11-4-2-3-5-14(11)16)15-7-6-13(17)8-12(15)10-19/h2-8,19H,9-10H2,1H3. The van der Waals surface area contributed by atoms with Gasteiger partial charge in [-0.25, -0.2) is 4.39 Å². The van der Waals surface area contributed by atoms with Gasteiger partial charge in [-0.2, -0.15) is 0 Å². The Hall–Kier alpha value is -1.58. The van der Waals surface area contributed by atoms with Gasteiger partial charge < -0.3 is 10.0 Å². The highest BCUT2D eigenvalue weighted by Crippen LogP contribution is 2.24. The van der Waals surface area contributed by atoms with Gasteiger partial charge in [0.15, 0.2) is 0 Å². The Kier molecular flexibility index (Phi) is 4.40. The Morgan fingerprint density at radius 2 is 1.89 bits per heavy atom. The third-order valence-electron chi connectivity index (χ3n) is 2.99. The minimum Gasteiger partial charge on any atom is -0.392 e. The highest BCUT2D eigenvalue weighted by molar-refractivity contribution is 6.31. The fraction of sp³-hybridized carbons (Fsp3) is 0.200. The Labute approximate surface area is 117 Å². The summed E-state index contributed by atoms with van der Waals surface area (Å²) in [5.41, 5.74) is 2.35. The van der Waals surface area contributed by atoms with Crippen LogP contribution in [0.25, 0.3) is 0 Å². The highest BCUT2D eigenvalue weighted by Gasteiger charge is 2.10. The van der Waals surface area contributed by atoms with Crippen LogP contribution >= 0.6 is 11.6 Å². The lowest BCUT2D eigenvalue weighted by Crippen LogP contribution is -2.18. The van der Waals surface area contributed by atoms with E-state index in [0.717, 1.165) is 11.3 Å². The molecule has 0 heterocycles. The van der Waals surface area contributed by atoms with E-state index in [0.29, 0.717) is 17.1 Å². The van der Waals surface area contributed by atoms with Crippen LogP contribution in [-0.2, 0) is 13.2 Å². The zero-order chi connectivity index (χ0) is 13.8. The van der Waals surface area contributed by atoms with Gasteiger partial charge in [-0.3, -0.25) is 0 Å². The van der Waals surface area contributed by atoms with Gasteiger partial charge in [0.05, 0.1) is 6.61 Å². The fourth-order valence-corrected chi connectivity index (χ4v) is 2.22. The van der Waals surface area contributed by atoms with Gasteiger partial charge in [-0.15, -0.1) is 0 Å². The van der Waals surface area contributed by atoms with E-state index in [4.69, 9.17) is 11.6 Å². The minimum atomic E-state index is -0.348. The van der Waals surface area contributed by atoms with Crippen LogP contribution in [0.3, 0.4) is 0 Å². The molecule has 4 heteroatoms. The smallest absolute Gasteiger partial charge is 0.123 e. The van der Waals surface area contributed by atoms with Crippen LogP contribution in [0.5, 0.6) is 0 Å². The van der Waals surface area contributed by atoms with Crippen molar-refractivity contribution in [3.8, 4) is 0 Å². The summed E-state index contributed by atoms with van der Waals surface area (Å²) < 4.78 is 13.1. The SMILES string of the molecule is CN(Cc1ccccc1Cl)c1ccc(F)cc1CO. The number of hydrogen-bond donors (Lipinski definition) is 1. The van der Waals surface area contributed by atoms with Crippen molar-refractivity contribution in [2.75, 3.05) is 11.9 Å².